The Bertz CT molecular complexity index is 816. The van der Waals surface area contributed by atoms with Gasteiger partial charge in [0.05, 0.1) is 10.9 Å². The molecule has 0 aliphatic carbocycles. The van der Waals surface area contributed by atoms with E-state index in [-0.39, 0.29) is 46.5 Å². The highest BCUT2D eigenvalue weighted by Gasteiger charge is 2.41. The number of amides is 3. The number of piperidine rings is 1. The van der Waals surface area contributed by atoms with Crippen LogP contribution in [0.4, 0.5) is 10.1 Å². The zero-order valence-electron chi connectivity index (χ0n) is 17.0. The maximum Gasteiger partial charge on any atom is 0.227 e. The Morgan fingerprint density at radius 1 is 1.17 bits per heavy atom. The lowest BCUT2D eigenvalue weighted by Gasteiger charge is -2.34. The van der Waals surface area contributed by atoms with Crippen LogP contribution < -0.4 is 5.32 Å². The van der Waals surface area contributed by atoms with Gasteiger partial charge in [0.15, 0.2) is 0 Å². The Morgan fingerprint density at radius 2 is 1.83 bits per heavy atom. The maximum absolute atomic E-state index is 13.2. The molecule has 29 heavy (non-hydrogen) atoms. The van der Waals surface area contributed by atoms with Crippen LogP contribution in [0.2, 0.25) is 5.02 Å². The molecular formula is C21H27ClFN3O3. The number of nitrogens with zero attached hydrogens (tertiary/aromatic N) is 2. The molecule has 1 atom stereocenters. The van der Waals surface area contributed by atoms with Gasteiger partial charge in [0, 0.05) is 43.2 Å². The molecule has 1 aromatic carbocycles. The molecule has 6 nitrogen and oxygen atoms in total. The minimum Gasteiger partial charge on any atom is -0.342 e. The van der Waals surface area contributed by atoms with Crippen LogP contribution in [-0.2, 0) is 14.4 Å². The summed E-state index contributed by atoms with van der Waals surface area (Å²) in [4.78, 5) is 41.1. The highest BCUT2D eigenvalue weighted by atomic mass is 35.5. The highest BCUT2D eigenvalue weighted by molar-refractivity contribution is 6.31. The van der Waals surface area contributed by atoms with E-state index in [2.05, 4.69) is 5.32 Å². The van der Waals surface area contributed by atoms with Crippen LogP contribution in [0.15, 0.2) is 18.2 Å². The van der Waals surface area contributed by atoms with Crippen molar-refractivity contribution in [3.8, 4) is 0 Å². The van der Waals surface area contributed by atoms with Gasteiger partial charge in [0.1, 0.15) is 5.82 Å². The lowest BCUT2D eigenvalue weighted by Crippen LogP contribution is -2.46. The third-order valence-corrected chi connectivity index (χ3v) is 5.94. The number of likely N-dealkylation sites (tertiary alicyclic amines) is 2. The predicted molar refractivity (Wildman–Crippen MR) is 109 cm³/mol. The predicted octanol–water partition coefficient (Wildman–Crippen LogP) is 3.30. The van der Waals surface area contributed by atoms with Crippen molar-refractivity contribution >= 4 is 35.0 Å². The van der Waals surface area contributed by atoms with Crippen LogP contribution in [0.25, 0.3) is 0 Å². The number of nitrogens with one attached hydrogen (secondary N) is 1. The molecule has 1 N–H and O–H groups in total. The molecule has 0 radical (unpaired) electrons. The topological polar surface area (TPSA) is 69.7 Å². The summed E-state index contributed by atoms with van der Waals surface area (Å²) in [5.74, 6) is -1.22. The molecule has 0 aromatic heterocycles. The molecule has 0 spiro atoms. The number of hydrogen-bond donors (Lipinski definition) is 1. The van der Waals surface area contributed by atoms with Gasteiger partial charge in [-0.1, -0.05) is 11.6 Å². The second-order valence-electron chi connectivity index (χ2n) is 8.79. The molecule has 3 amide bonds. The number of benzene rings is 1. The SMILES string of the molecule is CC(C)(C)N1CC(C(=O)N2CCC(C(=O)Nc3ccc(F)c(Cl)c3)CC2)CC1=O. The minimum absolute atomic E-state index is 0.00530. The molecular weight excluding hydrogens is 397 g/mol. The van der Waals surface area contributed by atoms with Crippen molar-refractivity contribution in [2.75, 3.05) is 25.0 Å². The standard InChI is InChI=1S/C21H27ClFN3O3/c1-21(2,3)26-12-14(10-18(26)27)20(29)25-8-6-13(7-9-25)19(28)24-15-4-5-17(23)16(22)11-15/h4-5,11,13-14H,6-10,12H2,1-3H3,(H,24,28). The van der Waals surface area contributed by atoms with E-state index >= 15 is 0 Å². The second kappa shape index (κ2) is 8.30. The first-order valence-corrected chi connectivity index (χ1v) is 10.3. The lowest BCUT2D eigenvalue weighted by atomic mass is 9.94. The third kappa shape index (κ3) is 4.89. The number of hydrogen-bond acceptors (Lipinski definition) is 3. The Hall–Kier alpha value is -2.15. The fourth-order valence-electron chi connectivity index (χ4n) is 3.96. The molecule has 3 rings (SSSR count). The van der Waals surface area contributed by atoms with Gasteiger partial charge in [0.2, 0.25) is 17.7 Å². The molecule has 0 bridgehead atoms. The summed E-state index contributed by atoms with van der Waals surface area (Å²) >= 11 is 5.75. The van der Waals surface area contributed by atoms with E-state index in [0.29, 0.717) is 38.2 Å². The van der Waals surface area contributed by atoms with Crippen LogP contribution in [0, 0.1) is 17.7 Å². The maximum atomic E-state index is 13.2. The van der Waals surface area contributed by atoms with Gasteiger partial charge in [0.25, 0.3) is 0 Å². The Labute approximate surface area is 175 Å². The van der Waals surface area contributed by atoms with Crippen molar-refractivity contribution in [3.05, 3.63) is 29.0 Å². The summed E-state index contributed by atoms with van der Waals surface area (Å²) in [5, 5.41) is 2.72. The molecule has 2 heterocycles. The van der Waals surface area contributed by atoms with Gasteiger partial charge in [-0.15, -0.1) is 0 Å². The lowest BCUT2D eigenvalue weighted by molar-refractivity contribution is -0.138. The molecule has 2 saturated heterocycles. The van der Waals surface area contributed by atoms with Gasteiger partial charge in [-0.25, -0.2) is 4.39 Å². The zero-order valence-corrected chi connectivity index (χ0v) is 17.8. The summed E-state index contributed by atoms with van der Waals surface area (Å²) in [6.07, 6.45) is 1.36. The fraction of sp³-hybridized carbons (Fsp3) is 0.571. The Balaban J connectivity index is 1.52. The number of carbonyl (C=O) groups excluding carboxylic acids is 3. The largest absolute Gasteiger partial charge is 0.342 e. The summed E-state index contributed by atoms with van der Waals surface area (Å²) in [7, 11) is 0. The number of halogens is 2. The zero-order chi connectivity index (χ0) is 21.3. The van der Waals surface area contributed by atoms with Crippen LogP contribution in [0.1, 0.15) is 40.0 Å². The van der Waals surface area contributed by atoms with Crippen molar-refractivity contribution in [2.45, 2.75) is 45.6 Å². The van der Waals surface area contributed by atoms with E-state index in [1.807, 2.05) is 20.8 Å². The van der Waals surface area contributed by atoms with Crippen molar-refractivity contribution < 1.29 is 18.8 Å². The molecule has 2 aliphatic heterocycles. The van der Waals surface area contributed by atoms with E-state index < -0.39 is 5.82 Å². The van der Waals surface area contributed by atoms with E-state index in [9.17, 15) is 18.8 Å². The van der Waals surface area contributed by atoms with Gasteiger partial charge in [-0.05, 0) is 51.8 Å². The normalized spacial score (nSPS) is 20.9. The van der Waals surface area contributed by atoms with Crippen molar-refractivity contribution in [1.82, 2.24) is 9.80 Å². The summed E-state index contributed by atoms with van der Waals surface area (Å²) in [6, 6.07) is 4.06. The number of carbonyl (C=O) groups is 3. The van der Waals surface area contributed by atoms with E-state index in [1.165, 1.54) is 18.2 Å². The second-order valence-corrected chi connectivity index (χ2v) is 9.20. The van der Waals surface area contributed by atoms with E-state index in [1.54, 1.807) is 9.80 Å². The van der Waals surface area contributed by atoms with Crippen molar-refractivity contribution in [2.24, 2.45) is 11.8 Å². The molecule has 2 aliphatic rings. The molecule has 158 valence electrons. The van der Waals surface area contributed by atoms with Crippen molar-refractivity contribution in [1.29, 1.82) is 0 Å². The first-order valence-electron chi connectivity index (χ1n) is 9.91. The van der Waals surface area contributed by atoms with Crippen LogP contribution in [0.3, 0.4) is 0 Å². The minimum atomic E-state index is -0.535. The molecule has 1 unspecified atom stereocenters. The molecule has 2 fully saturated rings. The average Bonchev–Trinajstić information content (AvgIpc) is 3.06. The van der Waals surface area contributed by atoms with Crippen molar-refractivity contribution in [3.63, 3.8) is 0 Å². The molecule has 8 heteroatoms. The summed E-state index contributed by atoms with van der Waals surface area (Å²) in [6.45, 7) is 7.33. The van der Waals surface area contributed by atoms with Gasteiger partial charge in [-0.3, -0.25) is 14.4 Å². The monoisotopic (exact) mass is 423 g/mol. The Kier molecular flexibility index (Phi) is 6.17. The van der Waals surface area contributed by atoms with Crippen LogP contribution in [-0.4, -0.2) is 52.7 Å². The molecule has 0 saturated carbocycles. The van der Waals surface area contributed by atoms with Crippen LogP contribution >= 0.6 is 11.6 Å². The fourth-order valence-corrected chi connectivity index (χ4v) is 4.14. The number of rotatable bonds is 3. The highest BCUT2D eigenvalue weighted by Crippen LogP contribution is 2.29. The first-order chi connectivity index (χ1) is 13.6. The van der Waals surface area contributed by atoms with Gasteiger partial charge in [-0.2, -0.15) is 0 Å². The van der Waals surface area contributed by atoms with Gasteiger partial charge < -0.3 is 15.1 Å². The van der Waals surface area contributed by atoms with Gasteiger partial charge >= 0.3 is 0 Å². The third-order valence-electron chi connectivity index (χ3n) is 5.65. The smallest absolute Gasteiger partial charge is 0.227 e. The Morgan fingerprint density at radius 3 is 2.38 bits per heavy atom. The summed E-state index contributed by atoms with van der Waals surface area (Å²) in [5.41, 5.74) is 0.159. The van der Waals surface area contributed by atoms with E-state index in [0.717, 1.165) is 0 Å². The molecule has 1 aromatic rings. The van der Waals surface area contributed by atoms with E-state index in [4.69, 9.17) is 11.6 Å². The quantitative estimate of drug-likeness (QED) is 0.810. The number of anilines is 1. The first kappa shape index (κ1) is 21.6. The van der Waals surface area contributed by atoms with Crippen LogP contribution in [0.5, 0.6) is 0 Å². The summed E-state index contributed by atoms with van der Waals surface area (Å²) < 4.78 is 13.2. The average molecular weight is 424 g/mol.